The van der Waals surface area contributed by atoms with E-state index < -0.39 is 0 Å². The Kier molecular flexibility index (Phi) is 3.07. The summed E-state index contributed by atoms with van der Waals surface area (Å²) in [6.07, 6.45) is 1.82. The molecule has 0 aliphatic heterocycles. The first-order valence-corrected chi connectivity index (χ1v) is 4.51. The van der Waals surface area contributed by atoms with Gasteiger partial charge in [0, 0.05) is 11.8 Å². The minimum atomic E-state index is -0.153. The summed E-state index contributed by atoms with van der Waals surface area (Å²) in [5, 5.41) is 1.06. The Hall–Kier alpha value is -1.31. The normalized spacial score (nSPS) is 9.54. The quantitative estimate of drug-likeness (QED) is 0.635. The van der Waals surface area contributed by atoms with Gasteiger partial charge in [-0.1, -0.05) is 13.8 Å². The van der Waals surface area contributed by atoms with Crippen molar-refractivity contribution in [2.75, 3.05) is 0 Å². The molecular weight excluding hydrogens is 165 g/mol. The second kappa shape index (κ2) is 4.08. The molecule has 2 heteroatoms. The predicted molar refractivity (Wildman–Crippen MR) is 54.3 cm³/mol. The minimum Gasteiger partial charge on any atom is -0.361 e. The summed E-state index contributed by atoms with van der Waals surface area (Å²) in [6.45, 7) is 5.77. The van der Waals surface area contributed by atoms with Crippen LogP contribution in [0.2, 0.25) is 0 Å². The average Bonchev–Trinajstić information content (AvgIpc) is 2.63. The van der Waals surface area contributed by atoms with E-state index in [2.05, 4.69) is 4.98 Å². The molecule has 0 saturated heterocycles. The number of aryl methyl sites for hydroxylation is 1. The topological polar surface area (TPSA) is 15.8 Å². The Morgan fingerprint density at radius 1 is 1.15 bits per heavy atom. The summed E-state index contributed by atoms with van der Waals surface area (Å²) in [6, 6.07) is 5.20. The predicted octanol–water partition coefficient (Wildman–Crippen LogP) is 3.64. The van der Waals surface area contributed by atoms with Crippen molar-refractivity contribution in [3.63, 3.8) is 0 Å². The van der Waals surface area contributed by atoms with Gasteiger partial charge in [0.15, 0.2) is 0 Å². The molecule has 1 nitrogen and oxygen atoms in total. The zero-order valence-electron chi connectivity index (χ0n) is 8.19. The number of fused-ring (bicyclic) bond motifs is 1. The summed E-state index contributed by atoms with van der Waals surface area (Å²) in [4.78, 5) is 2.99. The van der Waals surface area contributed by atoms with Gasteiger partial charge < -0.3 is 4.98 Å². The number of aromatic amines is 1. The third-order valence-electron chi connectivity index (χ3n) is 1.92. The van der Waals surface area contributed by atoms with E-state index in [9.17, 15) is 4.39 Å². The molecule has 0 aliphatic carbocycles. The third-order valence-corrected chi connectivity index (χ3v) is 1.92. The first-order valence-electron chi connectivity index (χ1n) is 4.51. The Morgan fingerprint density at radius 3 is 2.54 bits per heavy atom. The standard InChI is InChI=1S/C9H8FN.C2H6/c1-6-8(10)3-2-7-4-5-11-9(6)7;1-2/h2-5,11H,1H3;1-2H3. The largest absolute Gasteiger partial charge is 0.361 e. The molecule has 1 aromatic heterocycles. The molecule has 0 radical (unpaired) electrons. The average molecular weight is 179 g/mol. The molecule has 0 fully saturated rings. The van der Waals surface area contributed by atoms with Gasteiger partial charge in [0.2, 0.25) is 0 Å². The first kappa shape index (κ1) is 9.78. The fraction of sp³-hybridized carbons (Fsp3) is 0.273. The number of benzene rings is 1. The molecule has 0 saturated carbocycles. The van der Waals surface area contributed by atoms with Gasteiger partial charge in [-0.25, -0.2) is 4.39 Å². The Bertz CT molecular complexity index is 390. The fourth-order valence-corrected chi connectivity index (χ4v) is 1.25. The maximum Gasteiger partial charge on any atom is 0.128 e. The van der Waals surface area contributed by atoms with Crippen LogP contribution in [-0.2, 0) is 0 Å². The molecule has 0 unspecified atom stereocenters. The lowest BCUT2D eigenvalue weighted by atomic mass is 10.1. The molecule has 1 N–H and O–H groups in total. The van der Waals surface area contributed by atoms with Crippen LogP contribution in [0.25, 0.3) is 10.9 Å². The van der Waals surface area contributed by atoms with Crippen LogP contribution in [0.15, 0.2) is 24.4 Å². The number of aromatic nitrogens is 1. The highest BCUT2D eigenvalue weighted by molar-refractivity contribution is 5.82. The first-order chi connectivity index (χ1) is 6.29. The second-order valence-corrected chi connectivity index (χ2v) is 2.61. The molecule has 0 bridgehead atoms. The van der Waals surface area contributed by atoms with E-state index in [-0.39, 0.29) is 5.82 Å². The summed E-state index contributed by atoms with van der Waals surface area (Å²) in [5.41, 5.74) is 1.58. The Balaban J connectivity index is 0.000000396. The Labute approximate surface area is 77.6 Å². The van der Waals surface area contributed by atoms with Crippen LogP contribution in [0.3, 0.4) is 0 Å². The van der Waals surface area contributed by atoms with Gasteiger partial charge in [-0.2, -0.15) is 0 Å². The number of halogens is 1. The van der Waals surface area contributed by atoms with Crippen LogP contribution >= 0.6 is 0 Å². The lowest BCUT2D eigenvalue weighted by Gasteiger charge is -1.96. The molecule has 1 aromatic carbocycles. The van der Waals surface area contributed by atoms with Gasteiger partial charge in [-0.05, 0) is 30.5 Å². The van der Waals surface area contributed by atoms with Gasteiger partial charge in [0.1, 0.15) is 5.82 Å². The molecule has 0 aliphatic rings. The van der Waals surface area contributed by atoms with Crippen LogP contribution in [0.1, 0.15) is 19.4 Å². The number of H-pyrrole nitrogens is 1. The van der Waals surface area contributed by atoms with Crippen molar-refractivity contribution < 1.29 is 4.39 Å². The van der Waals surface area contributed by atoms with Crippen molar-refractivity contribution >= 4 is 10.9 Å². The molecule has 0 amide bonds. The Morgan fingerprint density at radius 2 is 1.85 bits per heavy atom. The number of rotatable bonds is 0. The summed E-state index contributed by atoms with van der Waals surface area (Å²) < 4.78 is 12.9. The highest BCUT2D eigenvalue weighted by Gasteiger charge is 2.01. The zero-order valence-corrected chi connectivity index (χ0v) is 8.19. The van der Waals surface area contributed by atoms with Crippen LogP contribution in [-0.4, -0.2) is 4.98 Å². The van der Waals surface area contributed by atoms with Crippen LogP contribution in [0.5, 0.6) is 0 Å². The minimum absolute atomic E-state index is 0.153. The van der Waals surface area contributed by atoms with Crippen molar-refractivity contribution in [2.24, 2.45) is 0 Å². The van der Waals surface area contributed by atoms with Gasteiger partial charge in [-0.15, -0.1) is 0 Å². The summed E-state index contributed by atoms with van der Waals surface area (Å²) in [7, 11) is 0. The van der Waals surface area contributed by atoms with Crippen molar-refractivity contribution in [3.05, 3.63) is 35.8 Å². The van der Waals surface area contributed by atoms with E-state index in [1.165, 1.54) is 6.07 Å². The van der Waals surface area contributed by atoms with E-state index in [1.807, 2.05) is 26.1 Å². The van der Waals surface area contributed by atoms with Gasteiger partial charge in [0.05, 0.1) is 5.52 Å². The van der Waals surface area contributed by atoms with E-state index in [1.54, 1.807) is 13.0 Å². The maximum atomic E-state index is 12.9. The second-order valence-electron chi connectivity index (χ2n) is 2.61. The molecule has 2 rings (SSSR count). The van der Waals surface area contributed by atoms with Crippen molar-refractivity contribution in [3.8, 4) is 0 Å². The van der Waals surface area contributed by atoms with Gasteiger partial charge >= 0.3 is 0 Å². The van der Waals surface area contributed by atoms with Crippen molar-refractivity contribution in [2.45, 2.75) is 20.8 Å². The van der Waals surface area contributed by atoms with Gasteiger partial charge in [0.25, 0.3) is 0 Å². The lowest BCUT2D eigenvalue weighted by Crippen LogP contribution is -1.82. The molecule has 70 valence electrons. The number of nitrogens with one attached hydrogen (secondary N) is 1. The fourth-order valence-electron chi connectivity index (χ4n) is 1.25. The molecule has 0 atom stereocenters. The van der Waals surface area contributed by atoms with Crippen LogP contribution in [0, 0.1) is 12.7 Å². The van der Waals surface area contributed by atoms with Crippen LogP contribution < -0.4 is 0 Å². The summed E-state index contributed by atoms with van der Waals surface area (Å²) in [5.74, 6) is -0.153. The maximum absolute atomic E-state index is 12.9. The molecular formula is C11H14FN. The molecule has 1 heterocycles. The highest BCUT2D eigenvalue weighted by atomic mass is 19.1. The highest BCUT2D eigenvalue weighted by Crippen LogP contribution is 2.18. The third kappa shape index (κ3) is 1.72. The van der Waals surface area contributed by atoms with Crippen LogP contribution in [0.4, 0.5) is 4.39 Å². The molecule has 2 aromatic rings. The van der Waals surface area contributed by atoms with E-state index >= 15 is 0 Å². The number of hydrogen-bond acceptors (Lipinski definition) is 0. The molecule has 0 spiro atoms. The zero-order chi connectivity index (χ0) is 9.84. The number of hydrogen-bond donors (Lipinski definition) is 1. The summed E-state index contributed by atoms with van der Waals surface area (Å²) >= 11 is 0. The monoisotopic (exact) mass is 179 g/mol. The van der Waals surface area contributed by atoms with Crippen molar-refractivity contribution in [1.29, 1.82) is 0 Å². The molecule has 13 heavy (non-hydrogen) atoms. The lowest BCUT2D eigenvalue weighted by molar-refractivity contribution is 0.620. The smallest absolute Gasteiger partial charge is 0.128 e. The van der Waals surface area contributed by atoms with E-state index in [0.717, 1.165) is 10.9 Å². The van der Waals surface area contributed by atoms with E-state index in [4.69, 9.17) is 0 Å². The van der Waals surface area contributed by atoms with E-state index in [0.29, 0.717) is 5.56 Å². The SMILES string of the molecule is CC.Cc1c(F)ccc2cc[nH]c12. The van der Waals surface area contributed by atoms with Gasteiger partial charge in [-0.3, -0.25) is 0 Å². The van der Waals surface area contributed by atoms with Crippen molar-refractivity contribution in [1.82, 2.24) is 4.98 Å².